The van der Waals surface area contributed by atoms with Crippen molar-refractivity contribution in [3.63, 3.8) is 0 Å². The fourth-order valence-corrected chi connectivity index (χ4v) is 3.11. The zero-order valence-electron chi connectivity index (χ0n) is 15.7. The molecule has 0 bridgehead atoms. The quantitative estimate of drug-likeness (QED) is 0.254. The maximum Gasteiger partial charge on any atom is 0.373 e. The number of rotatable bonds is 12. The molecule has 0 aliphatic rings. The highest BCUT2D eigenvalue weighted by Gasteiger charge is 2.11. The first-order valence-electron chi connectivity index (χ1n) is 9.75. The van der Waals surface area contributed by atoms with Crippen molar-refractivity contribution in [3.8, 4) is 0 Å². The summed E-state index contributed by atoms with van der Waals surface area (Å²) in [5, 5.41) is 0. The van der Waals surface area contributed by atoms with Crippen molar-refractivity contribution in [3.05, 3.63) is 71.8 Å². The Balaban J connectivity index is 1.66. The summed E-state index contributed by atoms with van der Waals surface area (Å²) in [6, 6.07) is 19.7. The summed E-state index contributed by atoms with van der Waals surface area (Å²) in [6.45, 7) is 2.68. The van der Waals surface area contributed by atoms with Crippen LogP contribution >= 0.6 is 0 Å². The molecular formula is C23H30O3. The van der Waals surface area contributed by atoms with E-state index in [1.807, 2.05) is 6.07 Å². The van der Waals surface area contributed by atoms with E-state index in [0.29, 0.717) is 18.1 Å². The standard InChI is InChI=1S/C23H30O3/c1-2-3-6-13-20(21-14-7-4-8-15-21)16-11-12-19-25-26-23(24)22-17-9-5-10-18-22/h4-5,7-10,14-15,17-18,20H,2-3,6,11-13,16,19H2,1H3. The molecule has 0 spiro atoms. The van der Waals surface area contributed by atoms with Gasteiger partial charge in [-0.05, 0) is 42.9 Å². The highest BCUT2D eigenvalue weighted by Crippen LogP contribution is 2.27. The third-order valence-corrected chi connectivity index (χ3v) is 4.60. The topological polar surface area (TPSA) is 35.5 Å². The van der Waals surface area contributed by atoms with Crippen molar-refractivity contribution < 1.29 is 14.6 Å². The molecule has 0 saturated carbocycles. The van der Waals surface area contributed by atoms with Gasteiger partial charge in [-0.15, -0.1) is 0 Å². The van der Waals surface area contributed by atoms with E-state index in [1.54, 1.807) is 24.3 Å². The average molecular weight is 354 g/mol. The first kappa shape index (κ1) is 20.2. The Kier molecular flexibility index (Phi) is 9.52. The summed E-state index contributed by atoms with van der Waals surface area (Å²) in [5.74, 6) is 0.168. The van der Waals surface area contributed by atoms with Crippen LogP contribution in [0.15, 0.2) is 60.7 Å². The van der Waals surface area contributed by atoms with Gasteiger partial charge in [0.25, 0.3) is 0 Å². The lowest BCUT2D eigenvalue weighted by molar-refractivity contribution is -0.241. The largest absolute Gasteiger partial charge is 0.373 e. The molecule has 0 fully saturated rings. The van der Waals surface area contributed by atoms with Gasteiger partial charge in [-0.25, -0.2) is 4.79 Å². The molecule has 0 saturated heterocycles. The molecule has 0 amide bonds. The maximum atomic E-state index is 11.8. The van der Waals surface area contributed by atoms with E-state index in [4.69, 9.17) is 9.78 Å². The Bertz CT molecular complexity index is 610. The van der Waals surface area contributed by atoms with Gasteiger partial charge in [0.1, 0.15) is 0 Å². The van der Waals surface area contributed by atoms with E-state index >= 15 is 0 Å². The second kappa shape index (κ2) is 12.3. The number of hydrogen-bond donors (Lipinski definition) is 0. The molecule has 0 aliphatic carbocycles. The van der Waals surface area contributed by atoms with E-state index < -0.39 is 5.97 Å². The highest BCUT2D eigenvalue weighted by atomic mass is 17.2. The van der Waals surface area contributed by atoms with Gasteiger partial charge in [0.2, 0.25) is 0 Å². The summed E-state index contributed by atoms with van der Waals surface area (Å²) in [6.07, 6.45) is 8.16. The maximum absolute atomic E-state index is 11.8. The molecular weight excluding hydrogens is 324 g/mol. The van der Waals surface area contributed by atoms with Crippen LogP contribution in [-0.4, -0.2) is 12.6 Å². The molecule has 2 rings (SSSR count). The van der Waals surface area contributed by atoms with Gasteiger partial charge < -0.3 is 0 Å². The van der Waals surface area contributed by atoms with Gasteiger partial charge in [0.05, 0.1) is 12.2 Å². The van der Waals surface area contributed by atoms with Crippen molar-refractivity contribution in [2.24, 2.45) is 0 Å². The summed E-state index contributed by atoms with van der Waals surface area (Å²) < 4.78 is 0. The summed E-state index contributed by atoms with van der Waals surface area (Å²) in [7, 11) is 0. The van der Waals surface area contributed by atoms with Gasteiger partial charge in [0, 0.05) is 0 Å². The molecule has 2 aromatic rings. The lowest BCUT2D eigenvalue weighted by Gasteiger charge is -2.17. The van der Waals surface area contributed by atoms with E-state index in [0.717, 1.165) is 19.3 Å². The smallest absolute Gasteiger partial charge is 0.293 e. The van der Waals surface area contributed by atoms with Crippen LogP contribution in [0.1, 0.15) is 73.7 Å². The molecule has 0 heterocycles. The first-order valence-corrected chi connectivity index (χ1v) is 9.75. The predicted octanol–water partition coefficient (Wildman–Crippen LogP) is 6.31. The molecule has 26 heavy (non-hydrogen) atoms. The molecule has 3 heteroatoms. The van der Waals surface area contributed by atoms with Crippen LogP contribution in [-0.2, 0) is 9.78 Å². The molecule has 140 valence electrons. The van der Waals surface area contributed by atoms with Crippen molar-refractivity contribution in [1.82, 2.24) is 0 Å². The number of carbonyl (C=O) groups is 1. The van der Waals surface area contributed by atoms with Gasteiger partial charge in [-0.1, -0.05) is 81.1 Å². The average Bonchev–Trinajstić information content (AvgIpc) is 2.70. The molecule has 2 aromatic carbocycles. The lowest BCUT2D eigenvalue weighted by Crippen LogP contribution is -2.07. The van der Waals surface area contributed by atoms with Crippen LogP contribution in [0.4, 0.5) is 0 Å². The number of unbranched alkanes of at least 4 members (excludes halogenated alkanes) is 3. The number of carbonyl (C=O) groups excluding carboxylic acids is 1. The third kappa shape index (κ3) is 7.40. The fraction of sp³-hybridized carbons (Fsp3) is 0.435. The molecule has 0 radical (unpaired) electrons. The minimum atomic E-state index is -0.438. The SMILES string of the molecule is CCCCCC(CCCCOOC(=O)c1ccccc1)c1ccccc1. The highest BCUT2D eigenvalue weighted by molar-refractivity contribution is 5.88. The van der Waals surface area contributed by atoms with Crippen molar-refractivity contribution in [1.29, 1.82) is 0 Å². The second-order valence-corrected chi connectivity index (χ2v) is 6.66. The number of hydrogen-bond acceptors (Lipinski definition) is 3. The molecule has 1 unspecified atom stereocenters. The van der Waals surface area contributed by atoms with Gasteiger partial charge in [-0.3, -0.25) is 4.89 Å². The van der Waals surface area contributed by atoms with E-state index in [9.17, 15) is 4.79 Å². The van der Waals surface area contributed by atoms with Crippen molar-refractivity contribution >= 4 is 5.97 Å². The molecule has 0 N–H and O–H groups in total. The van der Waals surface area contributed by atoms with Crippen LogP contribution in [0, 0.1) is 0 Å². The predicted molar refractivity (Wildman–Crippen MR) is 105 cm³/mol. The van der Waals surface area contributed by atoms with Crippen LogP contribution < -0.4 is 0 Å². The van der Waals surface area contributed by atoms with Crippen molar-refractivity contribution in [2.75, 3.05) is 6.61 Å². The van der Waals surface area contributed by atoms with Gasteiger partial charge >= 0.3 is 5.97 Å². The zero-order chi connectivity index (χ0) is 18.5. The monoisotopic (exact) mass is 354 g/mol. The van der Waals surface area contributed by atoms with Crippen LogP contribution in [0.25, 0.3) is 0 Å². The summed E-state index contributed by atoms with van der Waals surface area (Å²) >= 11 is 0. The third-order valence-electron chi connectivity index (χ3n) is 4.60. The van der Waals surface area contributed by atoms with E-state index in [-0.39, 0.29) is 0 Å². The normalized spacial score (nSPS) is 11.9. The molecule has 0 aromatic heterocycles. The molecule has 0 aliphatic heterocycles. The van der Waals surface area contributed by atoms with Crippen LogP contribution in [0.2, 0.25) is 0 Å². The minimum absolute atomic E-state index is 0.438. The Morgan fingerprint density at radius 2 is 1.46 bits per heavy atom. The first-order chi connectivity index (χ1) is 12.8. The van der Waals surface area contributed by atoms with E-state index in [2.05, 4.69) is 37.3 Å². The number of benzene rings is 2. The Hall–Kier alpha value is -2.13. The molecule has 3 nitrogen and oxygen atoms in total. The lowest BCUT2D eigenvalue weighted by atomic mass is 9.89. The fourth-order valence-electron chi connectivity index (χ4n) is 3.11. The summed E-state index contributed by atoms with van der Waals surface area (Å²) in [4.78, 5) is 21.7. The van der Waals surface area contributed by atoms with Gasteiger partial charge in [-0.2, -0.15) is 4.89 Å². The van der Waals surface area contributed by atoms with Crippen LogP contribution in [0.3, 0.4) is 0 Å². The van der Waals surface area contributed by atoms with Crippen molar-refractivity contribution in [2.45, 2.75) is 57.8 Å². The second-order valence-electron chi connectivity index (χ2n) is 6.66. The van der Waals surface area contributed by atoms with E-state index in [1.165, 1.54) is 31.2 Å². The Labute approximate surface area is 157 Å². The minimum Gasteiger partial charge on any atom is -0.293 e. The molecule has 1 atom stereocenters. The van der Waals surface area contributed by atoms with Crippen LogP contribution in [0.5, 0.6) is 0 Å². The van der Waals surface area contributed by atoms with Gasteiger partial charge in [0.15, 0.2) is 0 Å². The Morgan fingerprint density at radius 1 is 0.846 bits per heavy atom. The zero-order valence-corrected chi connectivity index (χ0v) is 15.7. The Morgan fingerprint density at radius 3 is 2.12 bits per heavy atom. The summed E-state index contributed by atoms with van der Waals surface area (Å²) in [5.41, 5.74) is 1.94.